The summed E-state index contributed by atoms with van der Waals surface area (Å²) in [5.41, 5.74) is 1.67. The molecule has 2 aromatic rings. The van der Waals surface area contributed by atoms with E-state index in [0.29, 0.717) is 5.56 Å². The number of hydrogen-bond acceptors (Lipinski definition) is 1. The van der Waals surface area contributed by atoms with Gasteiger partial charge in [0.1, 0.15) is 0 Å². The minimum atomic E-state index is -0.330. The van der Waals surface area contributed by atoms with Crippen molar-refractivity contribution < 1.29 is 4.79 Å². The molecule has 1 heteroatoms. The average molecular weight is 209 g/mol. The second-order valence-corrected chi connectivity index (χ2v) is 3.69. The zero-order valence-corrected chi connectivity index (χ0v) is 8.97. The van der Waals surface area contributed by atoms with E-state index in [1.165, 1.54) is 0 Å². The fourth-order valence-corrected chi connectivity index (χ4v) is 1.64. The van der Waals surface area contributed by atoms with E-state index in [4.69, 9.17) is 0 Å². The second-order valence-electron chi connectivity index (χ2n) is 3.69. The van der Waals surface area contributed by atoms with E-state index in [0.717, 1.165) is 5.56 Å². The first-order chi connectivity index (χ1) is 7.79. The normalized spacial score (nSPS) is 12.1. The molecule has 0 aliphatic heterocycles. The van der Waals surface area contributed by atoms with Crippen LogP contribution in [0.25, 0.3) is 0 Å². The monoisotopic (exact) mass is 209 g/mol. The van der Waals surface area contributed by atoms with Crippen LogP contribution in [0.2, 0.25) is 0 Å². The lowest BCUT2D eigenvalue weighted by Crippen LogP contribution is -2.09. The molecule has 79 valence electrons. The molecule has 1 atom stereocenters. The van der Waals surface area contributed by atoms with E-state index in [1.54, 1.807) is 0 Å². The van der Waals surface area contributed by atoms with E-state index >= 15 is 0 Å². The molecule has 2 rings (SSSR count). The summed E-state index contributed by atoms with van der Waals surface area (Å²) >= 11 is 0. The molecular weight excluding hydrogens is 196 g/mol. The molecule has 1 radical (unpaired) electrons. The van der Waals surface area contributed by atoms with Crippen LogP contribution in [-0.4, -0.2) is 5.78 Å². The number of hydrogen-bond donors (Lipinski definition) is 0. The number of carbonyl (C=O) groups is 1. The van der Waals surface area contributed by atoms with Crippen LogP contribution in [0, 0.1) is 6.92 Å². The quantitative estimate of drug-likeness (QED) is 0.707. The molecule has 0 spiro atoms. The summed E-state index contributed by atoms with van der Waals surface area (Å²) in [6.45, 7) is 3.94. The van der Waals surface area contributed by atoms with Gasteiger partial charge in [-0.1, -0.05) is 60.7 Å². The van der Waals surface area contributed by atoms with Gasteiger partial charge in [-0.2, -0.15) is 0 Å². The highest BCUT2D eigenvalue weighted by Gasteiger charge is 2.16. The van der Waals surface area contributed by atoms with Gasteiger partial charge in [-0.25, -0.2) is 0 Å². The largest absolute Gasteiger partial charge is 0.293 e. The van der Waals surface area contributed by atoms with E-state index in [1.807, 2.05) is 60.7 Å². The van der Waals surface area contributed by atoms with Crippen molar-refractivity contribution in [3.8, 4) is 0 Å². The predicted molar refractivity (Wildman–Crippen MR) is 65.3 cm³/mol. The lowest BCUT2D eigenvalue weighted by Gasteiger charge is -2.10. The summed E-state index contributed by atoms with van der Waals surface area (Å²) in [6.07, 6.45) is 0. The van der Waals surface area contributed by atoms with Gasteiger partial charge in [0.05, 0.1) is 0 Å². The van der Waals surface area contributed by atoms with Crippen LogP contribution in [0.3, 0.4) is 0 Å². The highest BCUT2D eigenvalue weighted by atomic mass is 16.1. The van der Waals surface area contributed by atoms with Crippen molar-refractivity contribution in [3.05, 3.63) is 78.7 Å². The molecule has 1 nitrogen and oxygen atoms in total. The maximum Gasteiger partial charge on any atom is 0.170 e. The Hall–Kier alpha value is -1.89. The van der Waals surface area contributed by atoms with Gasteiger partial charge in [0.15, 0.2) is 5.78 Å². The summed E-state index contributed by atoms with van der Waals surface area (Å²) in [5.74, 6) is -0.268. The number of ketones is 1. The van der Waals surface area contributed by atoms with Crippen molar-refractivity contribution in [2.45, 2.75) is 5.92 Å². The Labute approximate surface area is 95.7 Å². The molecule has 2 aromatic carbocycles. The summed E-state index contributed by atoms with van der Waals surface area (Å²) in [5, 5.41) is 0. The fourth-order valence-electron chi connectivity index (χ4n) is 1.64. The number of Topliss-reactive ketones (excluding diaryl/α,β-unsaturated/α-hetero) is 1. The SMILES string of the molecule is [CH2]C(C(=O)c1ccccc1)c1ccccc1. The summed E-state index contributed by atoms with van der Waals surface area (Å²) in [4.78, 5) is 12.1. The third-order valence-corrected chi connectivity index (χ3v) is 2.58. The Morgan fingerprint density at radius 3 is 1.94 bits per heavy atom. The molecule has 16 heavy (non-hydrogen) atoms. The van der Waals surface area contributed by atoms with E-state index < -0.39 is 0 Å². The number of rotatable bonds is 3. The van der Waals surface area contributed by atoms with Crippen molar-refractivity contribution >= 4 is 5.78 Å². The highest BCUT2D eigenvalue weighted by Crippen LogP contribution is 2.19. The van der Waals surface area contributed by atoms with Crippen LogP contribution >= 0.6 is 0 Å². The third-order valence-electron chi connectivity index (χ3n) is 2.58. The van der Waals surface area contributed by atoms with Gasteiger partial charge in [0.2, 0.25) is 0 Å². The summed E-state index contributed by atoms with van der Waals surface area (Å²) < 4.78 is 0. The third kappa shape index (κ3) is 2.19. The molecule has 0 aliphatic carbocycles. The first-order valence-electron chi connectivity index (χ1n) is 5.26. The molecule has 0 saturated heterocycles. The van der Waals surface area contributed by atoms with Gasteiger partial charge in [-0.15, -0.1) is 0 Å². The molecule has 0 amide bonds. The zero-order chi connectivity index (χ0) is 11.4. The van der Waals surface area contributed by atoms with Crippen LogP contribution in [0.15, 0.2) is 60.7 Å². The zero-order valence-electron chi connectivity index (χ0n) is 8.97. The van der Waals surface area contributed by atoms with Gasteiger partial charge in [-0.3, -0.25) is 4.79 Å². The van der Waals surface area contributed by atoms with Crippen LogP contribution in [0.5, 0.6) is 0 Å². The fraction of sp³-hybridized carbons (Fsp3) is 0.0667. The van der Waals surface area contributed by atoms with Crippen LogP contribution in [0.1, 0.15) is 21.8 Å². The average Bonchev–Trinajstić information content (AvgIpc) is 2.39. The van der Waals surface area contributed by atoms with Crippen molar-refractivity contribution in [2.24, 2.45) is 0 Å². The lowest BCUT2D eigenvalue weighted by molar-refractivity contribution is 0.0975. The predicted octanol–water partition coefficient (Wildman–Crippen LogP) is 3.49. The topological polar surface area (TPSA) is 17.1 Å². The second kappa shape index (κ2) is 4.75. The molecule has 0 saturated carbocycles. The first-order valence-corrected chi connectivity index (χ1v) is 5.26. The Bertz CT molecular complexity index is 459. The minimum Gasteiger partial charge on any atom is -0.293 e. The van der Waals surface area contributed by atoms with Crippen molar-refractivity contribution in [2.75, 3.05) is 0 Å². The highest BCUT2D eigenvalue weighted by molar-refractivity contribution is 6.01. The van der Waals surface area contributed by atoms with E-state index in [2.05, 4.69) is 6.92 Å². The van der Waals surface area contributed by atoms with Gasteiger partial charge in [-0.05, 0) is 12.5 Å². The molecule has 0 bridgehead atoms. The van der Waals surface area contributed by atoms with Gasteiger partial charge in [0.25, 0.3) is 0 Å². The van der Waals surface area contributed by atoms with Crippen molar-refractivity contribution in [3.63, 3.8) is 0 Å². The molecule has 0 fully saturated rings. The summed E-state index contributed by atoms with van der Waals surface area (Å²) in [7, 11) is 0. The lowest BCUT2D eigenvalue weighted by atomic mass is 9.92. The molecule has 1 unspecified atom stereocenters. The van der Waals surface area contributed by atoms with Crippen molar-refractivity contribution in [1.82, 2.24) is 0 Å². The van der Waals surface area contributed by atoms with Gasteiger partial charge in [0, 0.05) is 11.5 Å². The number of benzene rings is 2. The first kappa shape index (κ1) is 10.6. The maximum absolute atomic E-state index is 12.1. The molecule has 0 N–H and O–H groups in total. The maximum atomic E-state index is 12.1. The van der Waals surface area contributed by atoms with Crippen LogP contribution in [-0.2, 0) is 0 Å². The molecule has 0 aliphatic rings. The Morgan fingerprint density at radius 2 is 1.38 bits per heavy atom. The molecule has 0 heterocycles. The Kier molecular flexibility index (Phi) is 3.16. The summed E-state index contributed by atoms with van der Waals surface area (Å²) in [6, 6.07) is 18.9. The Balaban J connectivity index is 2.24. The Morgan fingerprint density at radius 1 is 0.875 bits per heavy atom. The van der Waals surface area contributed by atoms with E-state index in [9.17, 15) is 4.79 Å². The standard InChI is InChI=1S/C15H13O/c1-12(13-8-4-2-5-9-13)15(16)14-10-6-3-7-11-14/h2-12H,1H2. The van der Waals surface area contributed by atoms with Crippen molar-refractivity contribution in [1.29, 1.82) is 0 Å². The van der Waals surface area contributed by atoms with E-state index in [-0.39, 0.29) is 11.7 Å². The van der Waals surface area contributed by atoms with Gasteiger partial charge >= 0.3 is 0 Å². The van der Waals surface area contributed by atoms with Crippen LogP contribution < -0.4 is 0 Å². The smallest absolute Gasteiger partial charge is 0.170 e. The molecular formula is C15H13O. The van der Waals surface area contributed by atoms with Gasteiger partial charge < -0.3 is 0 Å². The number of carbonyl (C=O) groups excluding carboxylic acids is 1. The minimum absolute atomic E-state index is 0.0619. The molecule has 0 aromatic heterocycles. The van der Waals surface area contributed by atoms with Crippen LogP contribution in [0.4, 0.5) is 0 Å².